The monoisotopic (exact) mass is 369 g/mol. The number of benzene rings is 1. The molecule has 1 saturated heterocycles. The lowest BCUT2D eigenvalue weighted by Crippen LogP contribution is -2.38. The summed E-state index contributed by atoms with van der Waals surface area (Å²) in [4.78, 5) is 24.9. The van der Waals surface area contributed by atoms with Crippen LogP contribution in [0, 0.1) is 0 Å². The van der Waals surface area contributed by atoms with Crippen LogP contribution >= 0.6 is 0 Å². The molecule has 0 bridgehead atoms. The molecule has 3 amide bonds. The highest BCUT2D eigenvalue weighted by Crippen LogP contribution is 2.26. The normalized spacial score (nSPS) is 14.6. The summed E-state index contributed by atoms with van der Waals surface area (Å²) in [6.45, 7) is 3.19. The Bertz CT molecular complexity index is 763. The number of amides is 3. The lowest BCUT2D eigenvalue weighted by molar-refractivity contribution is -0.125. The Kier molecular flexibility index (Phi) is 5.85. The maximum absolute atomic E-state index is 12.3. The second-order valence-corrected chi connectivity index (χ2v) is 7.81. The summed E-state index contributed by atoms with van der Waals surface area (Å²) >= 11 is 0. The fourth-order valence-corrected chi connectivity index (χ4v) is 3.29. The van der Waals surface area contributed by atoms with E-state index in [9.17, 15) is 18.0 Å². The van der Waals surface area contributed by atoms with Crippen LogP contribution in [0.2, 0.25) is 0 Å². The van der Waals surface area contributed by atoms with Crippen LogP contribution in [0.4, 0.5) is 16.2 Å². The quantitative estimate of drug-likeness (QED) is 0.639. The maximum Gasteiger partial charge on any atom is 0.324 e. The fourth-order valence-electron chi connectivity index (χ4n) is 2.36. The number of sulfonamides is 1. The molecule has 1 aliphatic heterocycles. The molecule has 0 saturated carbocycles. The van der Waals surface area contributed by atoms with Crippen LogP contribution in [0.5, 0.6) is 0 Å². The van der Waals surface area contributed by atoms with Crippen molar-refractivity contribution in [1.29, 1.82) is 0 Å². The molecule has 0 aliphatic carbocycles. The summed E-state index contributed by atoms with van der Waals surface area (Å²) in [5.41, 5.74) is 1.16. The van der Waals surface area contributed by atoms with Crippen LogP contribution in [0.1, 0.15) is 6.92 Å². The van der Waals surface area contributed by atoms with Crippen LogP contribution in [0.3, 0.4) is 0 Å². The molecule has 1 aliphatic rings. The molecule has 9 nitrogen and oxygen atoms in total. The van der Waals surface area contributed by atoms with Crippen molar-refractivity contribution in [3.63, 3.8) is 0 Å². The molecule has 2 rings (SSSR count). The molecule has 0 atom stereocenters. The van der Waals surface area contributed by atoms with Crippen molar-refractivity contribution < 1.29 is 18.0 Å². The standard InChI is InChI=1S/C15H23N5O4S/c1-4-16-12-6-5-11(25(23,24)19(2)3)9-13(12)18-10-14(21)20-8-7-17-15(20)22/h5-6,9,16,18H,4,7-8,10H2,1-3H3,(H,17,22). The van der Waals surface area contributed by atoms with E-state index in [2.05, 4.69) is 16.0 Å². The molecule has 25 heavy (non-hydrogen) atoms. The van der Waals surface area contributed by atoms with Crippen molar-refractivity contribution in [3.05, 3.63) is 18.2 Å². The molecule has 1 aromatic rings. The van der Waals surface area contributed by atoms with Crippen LogP contribution in [-0.4, -0.2) is 69.8 Å². The molecule has 138 valence electrons. The number of carbonyl (C=O) groups is 2. The largest absolute Gasteiger partial charge is 0.384 e. The van der Waals surface area contributed by atoms with E-state index in [0.29, 0.717) is 31.0 Å². The first-order valence-corrected chi connectivity index (χ1v) is 9.34. The van der Waals surface area contributed by atoms with Gasteiger partial charge in [-0.3, -0.25) is 9.69 Å². The smallest absolute Gasteiger partial charge is 0.324 e. The third kappa shape index (κ3) is 4.20. The Morgan fingerprint density at radius 1 is 1.28 bits per heavy atom. The van der Waals surface area contributed by atoms with Gasteiger partial charge in [0.25, 0.3) is 0 Å². The molecule has 1 fully saturated rings. The third-order valence-electron chi connectivity index (χ3n) is 3.72. The molecular weight excluding hydrogens is 346 g/mol. The van der Waals surface area contributed by atoms with Gasteiger partial charge in [-0.15, -0.1) is 0 Å². The summed E-state index contributed by atoms with van der Waals surface area (Å²) in [6.07, 6.45) is 0. The SMILES string of the molecule is CCNc1ccc(S(=O)(=O)N(C)C)cc1NCC(=O)N1CCNC1=O. The van der Waals surface area contributed by atoms with Crippen LogP contribution in [0.15, 0.2) is 23.1 Å². The lowest BCUT2D eigenvalue weighted by atomic mass is 10.2. The zero-order chi connectivity index (χ0) is 18.6. The highest BCUT2D eigenvalue weighted by Gasteiger charge is 2.26. The number of rotatable bonds is 7. The van der Waals surface area contributed by atoms with Crippen LogP contribution < -0.4 is 16.0 Å². The minimum Gasteiger partial charge on any atom is -0.384 e. The van der Waals surface area contributed by atoms with E-state index < -0.39 is 16.1 Å². The van der Waals surface area contributed by atoms with Gasteiger partial charge in [0.15, 0.2) is 0 Å². The number of hydrogen-bond donors (Lipinski definition) is 3. The summed E-state index contributed by atoms with van der Waals surface area (Å²) in [5, 5.41) is 8.60. The summed E-state index contributed by atoms with van der Waals surface area (Å²) < 4.78 is 25.7. The van der Waals surface area contributed by atoms with E-state index in [4.69, 9.17) is 0 Å². The summed E-state index contributed by atoms with van der Waals surface area (Å²) in [7, 11) is -0.679. The first kappa shape index (κ1) is 19.0. The number of carbonyl (C=O) groups excluding carboxylic acids is 2. The average molecular weight is 369 g/mol. The molecule has 0 aromatic heterocycles. The van der Waals surface area contributed by atoms with Gasteiger partial charge in [0.2, 0.25) is 15.9 Å². The van der Waals surface area contributed by atoms with Crippen molar-refractivity contribution in [1.82, 2.24) is 14.5 Å². The van der Waals surface area contributed by atoms with Gasteiger partial charge in [0.05, 0.1) is 22.8 Å². The third-order valence-corrected chi connectivity index (χ3v) is 5.54. The minimum absolute atomic E-state index is 0.114. The van der Waals surface area contributed by atoms with Gasteiger partial charge in [0, 0.05) is 33.7 Å². The number of anilines is 2. The van der Waals surface area contributed by atoms with E-state index in [0.717, 1.165) is 9.21 Å². The minimum atomic E-state index is -3.59. The van der Waals surface area contributed by atoms with Crippen LogP contribution in [-0.2, 0) is 14.8 Å². The van der Waals surface area contributed by atoms with Gasteiger partial charge in [-0.1, -0.05) is 0 Å². The molecule has 1 heterocycles. The fraction of sp³-hybridized carbons (Fsp3) is 0.467. The Labute approximate surface area is 147 Å². The Morgan fingerprint density at radius 3 is 2.56 bits per heavy atom. The van der Waals surface area contributed by atoms with Gasteiger partial charge in [0.1, 0.15) is 0 Å². The Balaban J connectivity index is 2.22. The van der Waals surface area contributed by atoms with Crippen molar-refractivity contribution in [2.75, 3.05) is 50.9 Å². The van der Waals surface area contributed by atoms with E-state index in [1.807, 2.05) is 6.92 Å². The Morgan fingerprint density at radius 2 is 2.00 bits per heavy atom. The van der Waals surface area contributed by atoms with E-state index in [1.54, 1.807) is 6.07 Å². The maximum atomic E-state index is 12.3. The predicted molar refractivity (Wildman–Crippen MR) is 95.1 cm³/mol. The molecule has 10 heteroatoms. The molecule has 0 unspecified atom stereocenters. The molecule has 3 N–H and O–H groups in total. The van der Waals surface area contributed by atoms with Crippen molar-refractivity contribution in [2.45, 2.75) is 11.8 Å². The second kappa shape index (κ2) is 7.70. The zero-order valence-electron chi connectivity index (χ0n) is 14.5. The summed E-state index contributed by atoms with van der Waals surface area (Å²) in [6, 6.07) is 4.22. The highest BCUT2D eigenvalue weighted by atomic mass is 32.2. The van der Waals surface area contributed by atoms with Gasteiger partial charge < -0.3 is 16.0 Å². The second-order valence-electron chi connectivity index (χ2n) is 5.66. The van der Waals surface area contributed by atoms with Gasteiger partial charge in [-0.2, -0.15) is 0 Å². The van der Waals surface area contributed by atoms with Gasteiger partial charge in [-0.05, 0) is 25.1 Å². The van der Waals surface area contributed by atoms with E-state index >= 15 is 0 Å². The van der Waals surface area contributed by atoms with Crippen molar-refractivity contribution >= 4 is 33.3 Å². The van der Waals surface area contributed by atoms with Gasteiger partial charge >= 0.3 is 6.03 Å². The van der Waals surface area contributed by atoms with Crippen molar-refractivity contribution in [2.24, 2.45) is 0 Å². The Hall–Kier alpha value is -2.33. The first-order chi connectivity index (χ1) is 11.8. The molecule has 0 radical (unpaired) electrons. The van der Waals surface area contributed by atoms with Crippen LogP contribution in [0.25, 0.3) is 0 Å². The van der Waals surface area contributed by atoms with E-state index in [-0.39, 0.29) is 17.3 Å². The number of nitrogens with one attached hydrogen (secondary N) is 3. The highest BCUT2D eigenvalue weighted by molar-refractivity contribution is 7.89. The molecule has 0 spiro atoms. The number of nitrogens with zero attached hydrogens (tertiary/aromatic N) is 2. The molecule has 1 aromatic carbocycles. The predicted octanol–water partition coefficient (Wildman–Crippen LogP) is 0.332. The number of hydrogen-bond acceptors (Lipinski definition) is 6. The zero-order valence-corrected chi connectivity index (χ0v) is 15.3. The molecular formula is C15H23N5O4S. The first-order valence-electron chi connectivity index (χ1n) is 7.90. The number of urea groups is 1. The average Bonchev–Trinajstić information content (AvgIpc) is 2.99. The van der Waals surface area contributed by atoms with Gasteiger partial charge in [-0.25, -0.2) is 17.5 Å². The van der Waals surface area contributed by atoms with Crippen molar-refractivity contribution in [3.8, 4) is 0 Å². The topological polar surface area (TPSA) is 111 Å². The van der Waals surface area contributed by atoms with E-state index in [1.165, 1.54) is 26.2 Å². The number of imide groups is 1. The lowest BCUT2D eigenvalue weighted by Gasteiger charge is -2.18. The summed E-state index contributed by atoms with van der Waals surface area (Å²) in [5.74, 6) is -0.377.